The van der Waals surface area contributed by atoms with Crippen molar-refractivity contribution < 1.29 is 18.3 Å². The third-order valence-corrected chi connectivity index (χ3v) is 3.80. The van der Waals surface area contributed by atoms with Crippen LogP contribution < -0.4 is 5.73 Å². The molecule has 0 amide bonds. The van der Waals surface area contributed by atoms with E-state index in [0.29, 0.717) is 11.3 Å². The molecule has 1 heterocycles. The highest BCUT2D eigenvalue weighted by molar-refractivity contribution is 5.85. The zero-order valence-corrected chi connectivity index (χ0v) is 12.1. The Morgan fingerprint density at radius 2 is 1.83 bits per heavy atom. The summed E-state index contributed by atoms with van der Waals surface area (Å²) in [5, 5.41) is 9.98. The van der Waals surface area contributed by atoms with Gasteiger partial charge in [0.15, 0.2) is 0 Å². The SMILES string of the molecule is NC(CO)c1ccc(-c2cc3ccccc3[nH]2)cc1C(F)(F)F. The van der Waals surface area contributed by atoms with Gasteiger partial charge in [0.25, 0.3) is 0 Å². The van der Waals surface area contributed by atoms with Gasteiger partial charge in [-0.25, -0.2) is 0 Å². The average Bonchev–Trinajstić information content (AvgIpc) is 2.96. The van der Waals surface area contributed by atoms with Gasteiger partial charge in [0.2, 0.25) is 0 Å². The molecule has 6 heteroatoms. The van der Waals surface area contributed by atoms with Crippen molar-refractivity contribution in [3.63, 3.8) is 0 Å². The summed E-state index contributed by atoms with van der Waals surface area (Å²) in [6, 6.07) is 12.2. The van der Waals surface area contributed by atoms with Gasteiger partial charge in [-0.3, -0.25) is 0 Å². The Morgan fingerprint density at radius 1 is 1.09 bits per heavy atom. The molecule has 2 aromatic carbocycles. The van der Waals surface area contributed by atoms with E-state index in [1.807, 2.05) is 24.3 Å². The minimum absolute atomic E-state index is 0.111. The second-order valence-electron chi connectivity index (χ2n) is 5.36. The van der Waals surface area contributed by atoms with Crippen LogP contribution in [0.25, 0.3) is 22.2 Å². The summed E-state index contributed by atoms with van der Waals surface area (Å²) in [7, 11) is 0. The number of para-hydroxylation sites is 1. The van der Waals surface area contributed by atoms with E-state index < -0.39 is 24.4 Å². The van der Waals surface area contributed by atoms with Crippen LogP contribution in [-0.2, 0) is 6.18 Å². The Hall–Kier alpha value is -2.31. The predicted octanol–water partition coefficient (Wildman–Crippen LogP) is 3.85. The standard InChI is InChI=1S/C17H15F3N2O/c18-17(19,20)13-7-11(5-6-12(13)14(21)9-23)16-8-10-3-1-2-4-15(10)22-16/h1-8,14,22-23H,9,21H2. The minimum atomic E-state index is -4.54. The number of hydrogen-bond donors (Lipinski definition) is 3. The van der Waals surface area contributed by atoms with Crippen LogP contribution in [0.15, 0.2) is 48.5 Å². The quantitative estimate of drug-likeness (QED) is 0.686. The molecular formula is C17H15F3N2O. The minimum Gasteiger partial charge on any atom is -0.394 e. The van der Waals surface area contributed by atoms with Gasteiger partial charge in [0, 0.05) is 16.6 Å². The fraction of sp³-hybridized carbons (Fsp3) is 0.176. The number of aromatic nitrogens is 1. The highest BCUT2D eigenvalue weighted by atomic mass is 19.4. The number of H-pyrrole nitrogens is 1. The van der Waals surface area contributed by atoms with Crippen molar-refractivity contribution in [2.45, 2.75) is 12.2 Å². The van der Waals surface area contributed by atoms with Crippen LogP contribution in [0.2, 0.25) is 0 Å². The van der Waals surface area contributed by atoms with Gasteiger partial charge < -0.3 is 15.8 Å². The molecule has 0 saturated carbocycles. The highest BCUT2D eigenvalue weighted by Gasteiger charge is 2.35. The van der Waals surface area contributed by atoms with Gasteiger partial charge in [0.1, 0.15) is 0 Å². The molecule has 1 atom stereocenters. The summed E-state index contributed by atoms with van der Waals surface area (Å²) in [5.41, 5.74) is 6.52. The van der Waals surface area contributed by atoms with E-state index in [4.69, 9.17) is 10.8 Å². The van der Waals surface area contributed by atoms with Crippen LogP contribution in [-0.4, -0.2) is 16.7 Å². The van der Waals surface area contributed by atoms with E-state index in [2.05, 4.69) is 4.98 Å². The van der Waals surface area contributed by atoms with Crippen LogP contribution in [0.4, 0.5) is 13.2 Å². The van der Waals surface area contributed by atoms with E-state index in [-0.39, 0.29) is 5.56 Å². The van der Waals surface area contributed by atoms with Crippen LogP contribution in [0.5, 0.6) is 0 Å². The van der Waals surface area contributed by atoms with Crippen molar-refractivity contribution in [1.29, 1.82) is 0 Å². The monoisotopic (exact) mass is 320 g/mol. The molecule has 0 fully saturated rings. The Kier molecular flexibility index (Phi) is 3.87. The van der Waals surface area contributed by atoms with E-state index in [9.17, 15) is 13.2 Å². The number of aliphatic hydroxyl groups excluding tert-OH is 1. The van der Waals surface area contributed by atoms with Crippen molar-refractivity contribution in [2.75, 3.05) is 6.61 Å². The van der Waals surface area contributed by atoms with E-state index in [0.717, 1.165) is 17.0 Å². The number of hydrogen-bond acceptors (Lipinski definition) is 2. The molecule has 0 aliphatic rings. The molecular weight excluding hydrogens is 305 g/mol. The topological polar surface area (TPSA) is 62.0 Å². The molecule has 0 aliphatic carbocycles. The van der Waals surface area contributed by atoms with Crippen molar-refractivity contribution in [3.05, 3.63) is 59.7 Å². The van der Waals surface area contributed by atoms with E-state index in [1.165, 1.54) is 6.07 Å². The molecule has 0 radical (unpaired) electrons. The number of nitrogens with one attached hydrogen (secondary N) is 1. The zero-order chi connectivity index (χ0) is 16.6. The summed E-state index contributed by atoms with van der Waals surface area (Å²) in [6.45, 7) is -0.547. The Morgan fingerprint density at radius 3 is 2.48 bits per heavy atom. The van der Waals surface area contributed by atoms with Gasteiger partial charge in [-0.05, 0) is 29.3 Å². The van der Waals surface area contributed by atoms with Crippen molar-refractivity contribution in [3.8, 4) is 11.3 Å². The average molecular weight is 320 g/mol. The maximum atomic E-state index is 13.3. The third kappa shape index (κ3) is 2.95. The molecule has 0 saturated heterocycles. The summed E-state index contributed by atoms with van der Waals surface area (Å²) in [4.78, 5) is 3.11. The Balaban J connectivity index is 2.13. The summed E-state index contributed by atoms with van der Waals surface area (Å²) < 4.78 is 39.9. The molecule has 120 valence electrons. The largest absolute Gasteiger partial charge is 0.416 e. The molecule has 0 bridgehead atoms. The second kappa shape index (κ2) is 5.72. The predicted molar refractivity (Wildman–Crippen MR) is 82.8 cm³/mol. The Labute approximate surface area is 130 Å². The van der Waals surface area contributed by atoms with Gasteiger partial charge in [0.05, 0.1) is 18.2 Å². The molecule has 4 N–H and O–H groups in total. The number of benzene rings is 2. The number of aromatic amines is 1. The third-order valence-electron chi connectivity index (χ3n) is 3.80. The van der Waals surface area contributed by atoms with E-state index >= 15 is 0 Å². The lowest BCUT2D eigenvalue weighted by Crippen LogP contribution is -2.20. The summed E-state index contributed by atoms with van der Waals surface area (Å²) in [6.07, 6.45) is -4.54. The summed E-state index contributed by atoms with van der Waals surface area (Å²) in [5.74, 6) is 0. The first-order chi connectivity index (χ1) is 10.9. The van der Waals surface area contributed by atoms with Crippen molar-refractivity contribution in [2.24, 2.45) is 5.73 Å². The zero-order valence-electron chi connectivity index (χ0n) is 12.1. The van der Waals surface area contributed by atoms with E-state index in [1.54, 1.807) is 12.1 Å². The molecule has 0 aliphatic heterocycles. The maximum Gasteiger partial charge on any atom is 0.416 e. The molecule has 3 aromatic rings. The number of aliphatic hydroxyl groups is 1. The van der Waals surface area contributed by atoms with Crippen LogP contribution in [0.3, 0.4) is 0 Å². The molecule has 3 nitrogen and oxygen atoms in total. The fourth-order valence-electron chi connectivity index (χ4n) is 2.62. The molecule has 1 aromatic heterocycles. The number of fused-ring (bicyclic) bond motifs is 1. The first kappa shape index (κ1) is 15.6. The lowest BCUT2D eigenvalue weighted by atomic mass is 9.97. The Bertz CT molecular complexity index is 806. The highest BCUT2D eigenvalue weighted by Crippen LogP contribution is 2.37. The number of alkyl halides is 3. The normalized spacial score (nSPS) is 13.4. The van der Waals surface area contributed by atoms with Gasteiger partial charge in [-0.15, -0.1) is 0 Å². The second-order valence-corrected chi connectivity index (χ2v) is 5.36. The first-order valence-electron chi connectivity index (χ1n) is 7.06. The smallest absolute Gasteiger partial charge is 0.394 e. The number of rotatable bonds is 3. The van der Waals surface area contributed by atoms with Gasteiger partial charge in [-0.2, -0.15) is 13.2 Å². The summed E-state index contributed by atoms with van der Waals surface area (Å²) >= 11 is 0. The molecule has 0 spiro atoms. The van der Waals surface area contributed by atoms with Gasteiger partial charge in [-0.1, -0.05) is 30.3 Å². The van der Waals surface area contributed by atoms with Crippen LogP contribution >= 0.6 is 0 Å². The van der Waals surface area contributed by atoms with Crippen molar-refractivity contribution >= 4 is 10.9 Å². The first-order valence-corrected chi connectivity index (χ1v) is 7.06. The van der Waals surface area contributed by atoms with Crippen LogP contribution in [0, 0.1) is 0 Å². The fourth-order valence-corrected chi connectivity index (χ4v) is 2.62. The molecule has 1 unspecified atom stereocenters. The van der Waals surface area contributed by atoms with Gasteiger partial charge >= 0.3 is 6.18 Å². The lowest BCUT2D eigenvalue weighted by Gasteiger charge is -2.17. The van der Waals surface area contributed by atoms with Crippen molar-refractivity contribution in [1.82, 2.24) is 4.98 Å². The number of nitrogens with two attached hydrogens (primary N) is 1. The lowest BCUT2D eigenvalue weighted by molar-refractivity contribution is -0.138. The maximum absolute atomic E-state index is 13.3. The van der Waals surface area contributed by atoms with Crippen LogP contribution in [0.1, 0.15) is 17.2 Å². The molecule has 23 heavy (non-hydrogen) atoms. The molecule has 3 rings (SSSR count). The number of halogens is 3.